The van der Waals surface area contributed by atoms with E-state index < -0.39 is 0 Å². The summed E-state index contributed by atoms with van der Waals surface area (Å²) in [5.74, 6) is 0.927. The highest BCUT2D eigenvalue weighted by atomic mass is 15.1. The third-order valence-corrected chi connectivity index (χ3v) is 4.64. The van der Waals surface area contributed by atoms with E-state index >= 15 is 0 Å². The molecule has 0 atom stereocenters. The molecule has 3 aromatic carbocycles. The van der Waals surface area contributed by atoms with Gasteiger partial charge in [-0.05, 0) is 35.7 Å². The Kier molecular flexibility index (Phi) is 3.95. The molecule has 2 heteroatoms. The number of aryl methyl sites for hydroxylation is 1. The van der Waals surface area contributed by atoms with Crippen LogP contribution in [0.3, 0.4) is 0 Å². The quantitative estimate of drug-likeness (QED) is 0.488. The van der Waals surface area contributed by atoms with E-state index in [0.717, 1.165) is 34.5 Å². The lowest BCUT2D eigenvalue weighted by Gasteiger charge is -2.13. The molecule has 0 fully saturated rings. The minimum Gasteiger partial charge on any atom is -0.319 e. The molecule has 0 bridgehead atoms. The maximum atomic E-state index is 4.88. The molecular weight excluding hydrogens is 304 g/mol. The van der Waals surface area contributed by atoms with Crippen molar-refractivity contribution in [2.24, 2.45) is 0 Å². The van der Waals surface area contributed by atoms with E-state index in [9.17, 15) is 0 Å². The van der Waals surface area contributed by atoms with Gasteiger partial charge in [0.05, 0.1) is 11.0 Å². The van der Waals surface area contributed by atoms with Crippen LogP contribution in [-0.2, 0) is 6.54 Å². The van der Waals surface area contributed by atoms with Gasteiger partial charge in [-0.2, -0.15) is 0 Å². The molecule has 0 N–H and O–H groups in total. The summed E-state index contributed by atoms with van der Waals surface area (Å²) in [6, 6.07) is 27.0. The van der Waals surface area contributed by atoms with Crippen LogP contribution in [0.1, 0.15) is 22.5 Å². The molecule has 122 valence electrons. The lowest BCUT2D eigenvalue weighted by molar-refractivity contribution is 0.804. The van der Waals surface area contributed by atoms with Crippen LogP contribution in [0.5, 0.6) is 0 Å². The van der Waals surface area contributed by atoms with Crippen molar-refractivity contribution in [3.05, 3.63) is 108 Å². The molecular formula is C23H20N2. The first-order valence-electron chi connectivity index (χ1n) is 8.48. The standard InChI is InChI=1S/C23H20N2/c1-17-10-6-7-13-20(17)16-25-22-15-9-8-14-21(22)24-23(25)18(2)19-11-4-3-5-12-19/h3-15H,2,16H2,1H3. The minimum atomic E-state index is 0.786. The summed E-state index contributed by atoms with van der Waals surface area (Å²) in [5.41, 5.74) is 6.78. The Hall–Kier alpha value is -3.13. The average Bonchev–Trinajstić information content (AvgIpc) is 3.02. The van der Waals surface area contributed by atoms with Crippen molar-refractivity contribution in [3.8, 4) is 0 Å². The molecule has 0 spiro atoms. The second kappa shape index (κ2) is 6.40. The summed E-state index contributed by atoms with van der Waals surface area (Å²) in [4.78, 5) is 4.88. The van der Waals surface area contributed by atoms with Crippen LogP contribution in [-0.4, -0.2) is 9.55 Å². The number of imidazole rings is 1. The van der Waals surface area contributed by atoms with Crippen molar-refractivity contribution in [2.75, 3.05) is 0 Å². The fourth-order valence-corrected chi connectivity index (χ4v) is 3.19. The molecule has 1 heterocycles. The number of nitrogens with zero attached hydrogens (tertiary/aromatic N) is 2. The van der Waals surface area contributed by atoms with Crippen molar-refractivity contribution < 1.29 is 0 Å². The zero-order valence-corrected chi connectivity index (χ0v) is 14.3. The number of hydrogen-bond acceptors (Lipinski definition) is 1. The molecule has 0 aliphatic heterocycles. The Morgan fingerprint density at radius 2 is 1.56 bits per heavy atom. The molecule has 2 nitrogen and oxygen atoms in total. The van der Waals surface area contributed by atoms with E-state index in [1.165, 1.54) is 11.1 Å². The summed E-state index contributed by atoms with van der Waals surface area (Å²) in [6.45, 7) is 7.27. The van der Waals surface area contributed by atoms with Gasteiger partial charge in [0.15, 0.2) is 0 Å². The number of rotatable bonds is 4. The highest BCUT2D eigenvalue weighted by Gasteiger charge is 2.15. The Labute approximate surface area is 148 Å². The summed E-state index contributed by atoms with van der Waals surface area (Å²) in [7, 11) is 0. The summed E-state index contributed by atoms with van der Waals surface area (Å²) in [5, 5.41) is 0. The van der Waals surface area contributed by atoms with E-state index in [1.807, 2.05) is 24.3 Å². The summed E-state index contributed by atoms with van der Waals surface area (Å²) < 4.78 is 2.27. The lowest BCUT2D eigenvalue weighted by Crippen LogP contribution is -2.06. The predicted molar refractivity (Wildman–Crippen MR) is 105 cm³/mol. The largest absolute Gasteiger partial charge is 0.319 e. The lowest BCUT2D eigenvalue weighted by atomic mass is 10.1. The zero-order chi connectivity index (χ0) is 17.2. The molecule has 1 aromatic heterocycles. The molecule has 0 aliphatic rings. The molecule has 0 amide bonds. The fraction of sp³-hybridized carbons (Fsp3) is 0.0870. The van der Waals surface area contributed by atoms with Crippen molar-refractivity contribution >= 4 is 16.6 Å². The van der Waals surface area contributed by atoms with Gasteiger partial charge in [0.25, 0.3) is 0 Å². The third-order valence-electron chi connectivity index (χ3n) is 4.64. The first-order chi connectivity index (χ1) is 12.2. The second-order valence-electron chi connectivity index (χ2n) is 6.28. The molecule has 4 aromatic rings. The van der Waals surface area contributed by atoms with E-state index in [4.69, 9.17) is 4.98 Å². The number of hydrogen-bond donors (Lipinski definition) is 0. The predicted octanol–water partition coefficient (Wildman–Crippen LogP) is 5.45. The highest BCUT2D eigenvalue weighted by Crippen LogP contribution is 2.26. The van der Waals surface area contributed by atoms with Crippen LogP contribution in [0.2, 0.25) is 0 Å². The van der Waals surface area contributed by atoms with Crippen molar-refractivity contribution in [1.29, 1.82) is 0 Å². The van der Waals surface area contributed by atoms with Crippen LogP contribution < -0.4 is 0 Å². The van der Waals surface area contributed by atoms with Crippen LogP contribution in [0, 0.1) is 6.92 Å². The van der Waals surface area contributed by atoms with Gasteiger partial charge >= 0.3 is 0 Å². The highest BCUT2D eigenvalue weighted by molar-refractivity contribution is 5.83. The number of benzene rings is 3. The number of para-hydroxylation sites is 2. The molecule has 0 aliphatic carbocycles. The van der Waals surface area contributed by atoms with Crippen molar-refractivity contribution in [3.63, 3.8) is 0 Å². The number of aromatic nitrogens is 2. The Morgan fingerprint density at radius 1 is 0.880 bits per heavy atom. The minimum absolute atomic E-state index is 0.786. The van der Waals surface area contributed by atoms with E-state index in [0.29, 0.717) is 0 Å². The van der Waals surface area contributed by atoms with E-state index in [1.54, 1.807) is 0 Å². The first-order valence-corrected chi connectivity index (χ1v) is 8.48. The second-order valence-corrected chi connectivity index (χ2v) is 6.28. The van der Waals surface area contributed by atoms with Crippen molar-refractivity contribution in [1.82, 2.24) is 9.55 Å². The summed E-state index contributed by atoms with van der Waals surface area (Å²) in [6.07, 6.45) is 0. The van der Waals surface area contributed by atoms with Crippen LogP contribution >= 0.6 is 0 Å². The third kappa shape index (κ3) is 2.87. The first kappa shape index (κ1) is 15.4. The fourth-order valence-electron chi connectivity index (χ4n) is 3.19. The topological polar surface area (TPSA) is 17.8 Å². The van der Waals surface area contributed by atoms with Gasteiger partial charge < -0.3 is 4.57 Å². The SMILES string of the molecule is C=C(c1ccccc1)c1nc2ccccc2n1Cc1ccccc1C. The normalized spacial score (nSPS) is 10.9. The molecule has 4 rings (SSSR count). The Bertz CT molecular complexity index is 1040. The number of fused-ring (bicyclic) bond motifs is 1. The molecule has 0 saturated heterocycles. The molecule has 0 radical (unpaired) electrons. The van der Waals surface area contributed by atoms with E-state index in [2.05, 4.69) is 72.7 Å². The van der Waals surface area contributed by atoms with Gasteiger partial charge in [0.2, 0.25) is 0 Å². The van der Waals surface area contributed by atoms with Crippen LogP contribution in [0.4, 0.5) is 0 Å². The van der Waals surface area contributed by atoms with E-state index in [-0.39, 0.29) is 0 Å². The van der Waals surface area contributed by atoms with Gasteiger partial charge in [-0.25, -0.2) is 4.98 Å². The Balaban J connectivity index is 1.87. The van der Waals surface area contributed by atoms with Gasteiger partial charge in [0, 0.05) is 12.1 Å². The smallest absolute Gasteiger partial charge is 0.141 e. The van der Waals surface area contributed by atoms with Crippen LogP contribution in [0.25, 0.3) is 16.6 Å². The maximum absolute atomic E-state index is 4.88. The molecule has 0 saturated carbocycles. The van der Waals surface area contributed by atoms with Crippen molar-refractivity contribution in [2.45, 2.75) is 13.5 Å². The zero-order valence-electron chi connectivity index (χ0n) is 14.3. The summed E-state index contributed by atoms with van der Waals surface area (Å²) >= 11 is 0. The van der Waals surface area contributed by atoms with Gasteiger partial charge in [-0.15, -0.1) is 0 Å². The van der Waals surface area contributed by atoms with Crippen LogP contribution in [0.15, 0.2) is 85.4 Å². The van der Waals surface area contributed by atoms with Gasteiger partial charge in [-0.1, -0.05) is 73.3 Å². The molecule has 25 heavy (non-hydrogen) atoms. The van der Waals surface area contributed by atoms with Gasteiger partial charge in [-0.3, -0.25) is 0 Å². The Morgan fingerprint density at radius 3 is 2.36 bits per heavy atom. The maximum Gasteiger partial charge on any atom is 0.141 e. The monoisotopic (exact) mass is 324 g/mol. The van der Waals surface area contributed by atoms with Gasteiger partial charge in [0.1, 0.15) is 5.82 Å². The molecule has 0 unspecified atom stereocenters. The average molecular weight is 324 g/mol.